The van der Waals surface area contributed by atoms with Crippen molar-refractivity contribution in [2.75, 3.05) is 6.61 Å². The molecule has 1 aromatic carbocycles. The zero-order valence-electron chi connectivity index (χ0n) is 8.53. The van der Waals surface area contributed by atoms with Crippen LogP contribution in [0.15, 0.2) is 12.1 Å². The van der Waals surface area contributed by atoms with Crippen LogP contribution in [0.5, 0.6) is 5.75 Å². The van der Waals surface area contributed by atoms with Gasteiger partial charge in [-0.25, -0.2) is 0 Å². The Balaban J connectivity index is 2.42. The van der Waals surface area contributed by atoms with Crippen LogP contribution in [0.1, 0.15) is 24.2 Å². The van der Waals surface area contributed by atoms with Gasteiger partial charge in [0.25, 0.3) is 0 Å². The summed E-state index contributed by atoms with van der Waals surface area (Å²) in [5, 5.41) is 10.5. The Morgan fingerprint density at radius 2 is 2.27 bits per heavy atom. The number of aliphatic hydroxyl groups is 1. The maximum absolute atomic E-state index is 9.86. The van der Waals surface area contributed by atoms with E-state index in [-0.39, 0.29) is 6.04 Å². The number of nitrogens with two attached hydrogens (primary N) is 1. The number of benzene rings is 1. The topological polar surface area (TPSA) is 55.5 Å². The molecule has 82 valence electrons. The van der Waals surface area contributed by atoms with Gasteiger partial charge in [0.05, 0.1) is 17.7 Å². The van der Waals surface area contributed by atoms with Gasteiger partial charge in [0, 0.05) is 23.6 Å². The summed E-state index contributed by atoms with van der Waals surface area (Å²) >= 11 is 6.20. The van der Waals surface area contributed by atoms with Gasteiger partial charge in [-0.2, -0.15) is 0 Å². The maximum atomic E-state index is 9.86. The SMILES string of the molecule is CC(N)C(O)c1ccc2c(c1Cl)CCO2. The largest absolute Gasteiger partial charge is 0.493 e. The van der Waals surface area contributed by atoms with E-state index in [4.69, 9.17) is 22.1 Å². The normalized spacial score (nSPS) is 18.1. The minimum Gasteiger partial charge on any atom is -0.493 e. The third-order valence-electron chi connectivity index (χ3n) is 2.66. The van der Waals surface area contributed by atoms with Crippen molar-refractivity contribution in [3.8, 4) is 5.75 Å². The van der Waals surface area contributed by atoms with Crippen LogP contribution in [0.2, 0.25) is 5.02 Å². The minimum absolute atomic E-state index is 0.331. The van der Waals surface area contributed by atoms with Gasteiger partial charge >= 0.3 is 0 Å². The summed E-state index contributed by atoms with van der Waals surface area (Å²) in [6, 6.07) is 3.29. The van der Waals surface area contributed by atoms with Gasteiger partial charge in [-0.05, 0) is 13.0 Å². The molecule has 2 rings (SSSR count). The summed E-state index contributed by atoms with van der Waals surface area (Å²) in [6.07, 6.45) is 0.0802. The highest BCUT2D eigenvalue weighted by Crippen LogP contribution is 2.36. The molecule has 2 unspecified atom stereocenters. The van der Waals surface area contributed by atoms with Crippen molar-refractivity contribution in [3.05, 3.63) is 28.3 Å². The smallest absolute Gasteiger partial charge is 0.124 e. The molecule has 1 aromatic rings. The maximum Gasteiger partial charge on any atom is 0.124 e. The fourth-order valence-electron chi connectivity index (χ4n) is 1.76. The van der Waals surface area contributed by atoms with Crippen molar-refractivity contribution < 1.29 is 9.84 Å². The first-order chi connectivity index (χ1) is 7.11. The standard InChI is InChI=1S/C11H14ClNO2/c1-6(13)11(14)8-2-3-9-7(10(8)12)4-5-15-9/h2-3,6,11,14H,4-5,13H2,1H3. The van der Waals surface area contributed by atoms with E-state index in [2.05, 4.69) is 0 Å². The number of rotatable bonds is 2. The molecule has 3 nitrogen and oxygen atoms in total. The highest BCUT2D eigenvalue weighted by atomic mass is 35.5. The Bertz CT molecular complexity index is 379. The van der Waals surface area contributed by atoms with Crippen LogP contribution in [-0.4, -0.2) is 17.8 Å². The molecule has 3 N–H and O–H groups in total. The van der Waals surface area contributed by atoms with E-state index >= 15 is 0 Å². The van der Waals surface area contributed by atoms with Crippen molar-refractivity contribution in [3.63, 3.8) is 0 Å². The monoisotopic (exact) mass is 227 g/mol. The lowest BCUT2D eigenvalue weighted by molar-refractivity contribution is 0.153. The van der Waals surface area contributed by atoms with Gasteiger partial charge in [0.2, 0.25) is 0 Å². The third kappa shape index (κ3) is 1.83. The Morgan fingerprint density at radius 3 is 2.93 bits per heavy atom. The highest BCUT2D eigenvalue weighted by Gasteiger charge is 2.22. The quantitative estimate of drug-likeness (QED) is 0.808. The highest BCUT2D eigenvalue weighted by molar-refractivity contribution is 6.32. The molecule has 0 radical (unpaired) electrons. The van der Waals surface area contributed by atoms with Crippen LogP contribution < -0.4 is 10.5 Å². The van der Waals surface area contributed by atoms with Gasteiger partial charge in [-0.15, -0.1) is 0 Å². The first kappa shape index (κ1) is 10.7. The molecule has 0 bridgehead atoms. The second kappa shape index (κ2) is 4.00. The van der Waals surface area contributed by atoms with Gasteiger partial charge in [-0.3, -0.25) is 0 Å². The molecule has 15 heavy (non-hydrogen) atoms. The van der Waals surface area contributed by atoms with Crippen LogP contribution in [0.3, 0.4) is 0 Å². The molecule has 0 aromatic heterocycles. The summed E-state index contributed by atoms with van der Waals surface area (Å²) < 4.78 is 5.38. The Morgan fingerprint density at radius 1 is 1.53 bits per heavy atom. The van der Waals surface area contributed by atoms with Crippen LogP contribution in [0, 0.1) is 0 Å². The molecule has 1 heterocycles. The van der Waals surface area contributed by atoms with Crippen LogP contribution in [-0.2, 0) is 6.42 Å². The Labute approximate surface area is 93.8 Å². The number of ether oxygens (including phenoxy) is 1. The lowest BCUT2D eigenvalue weighted by Crippen LogP contribution is -2.24. The summed E-state index contributed by atoms with van der Waals surface area (Å²) in [5.74, 6) is 0.820. The number of fused-ring (bicyclic) bond motifs is 1. The lowest BCUT2D eigenvalue weighted by atomic mass is 10.0. The fourth-order valence-corrected chi connectivity index (χ4v) is 2.13. The first-order valence-corrected chi connectivity index (χ1v) is 5.36. The summed E-state index contributed by atoms with van der Waals surface area (Å²) in [5.41, 5.74) is 7.31. The van der Waals surface area contributed by atoms with E-state index < -0.39 is 6.10 Å². The molecule has 1 aliphatic heterocycles. The second-order valence-corrected chi connectivity index (χ2v) is 4.23. The van der Waals surface area contributed by atoms with Crippen molar-refractivity contribution in [1.82, 2.24) is 0 Å². The Hall–Kier alpha value is -0.770. The van der Waals surface area contributed by atoms with Gasteiger partial charge in [0.1, 0.15) is 5.75 Å². The predicted molar refractivity (Wildman–Crippen MR) is 59.3 cm³/mol. The van der Waals surface area contributed by atoms with E-state index in [1.807, 2.05) is 6.07 Å². The number of aliphatic hydroxyl groups excluding tert-OH is 1. The molecule has 0 saturated carbocycles. The zero-order valence-corrected chi connectivity index (χ0v) is 9.29. The van der Waals surface area contributed by atoms with Gasteiger partial charge in [-0.1, -0.05) is 17.7 Å². The number of halogens is 1. The number of hydrogen-bond donors (Lipinski definition) is 2. The van der Waals surface area contributed by atoms with Gasteiger partial charge < -0.3 is 15.6 Å². The molecule has 0 amide bonds. The molecule has 4 heteroatoms. The third-order valence-corrected chi connectivity index (χ3v) is 3.10. The van der Waals surface area contributed by atoms with E-state index in [0.717, 1.165) is 17.7 Å². The molecule has 0 fully saturated rings. The summed E-state index contributed by atoms with van der Waals surface area (Å²) in [4.78, 5) is 0. The predicted octanol–water partition coefficient (Wildman–Crippen LogP) is 1.66. The average molecular weight is 228 g/mol. The first-order valence-electron chi connectivity index (χ1n) is 4.99. The van der Waals surface area contributed by atoms with Crippen molar-refractivity contribution >= 4 is 11.6 Å². The molecule has 0 saturated heterocycles. The fraction of sp³-hybridized carbons (Fsp3) is 0.455. The average Bonchev–Trinajstić information content (AvgIpc) is 2.66. The van der Waals surface area contributed by atoms with Gasteiger partial charge in [0.15, 0.2) is 0 Å². The van der Waals surface area contributed by atoms with Crippen molar-refractivity contribution in [2.45, 2.75) is 25.5 Å². The van der Waals surface area contributed by atoms with Crippen molar-refractivity contribution in [2.24, 2.45) is 5.73 Å². The Kier molecular flexibility index (Phi) is 2.87. The summed E-state index contributed by atoms with van der Waals surface area (Å²) in [7, 11) is 0. The number of hydrogen-bond acceptors (Lipinski definition) is 3. The van der Waals surface area contributed by atoms with E-state index in [9.17, 15) is 5.11 Å². The van der Waals surface area contributed by atoms with Crippen molar-refractivity contribution in [1.29, 1.82) is 0 Å². The molecule has 2 atom stereocenters. The van der Waals surface area contributed by atoms with E-state index in [0.29, 0.717) is 17.2 Å². The molecule has 0 spiro atoms. The van der Waals surface area contributed by atoms with E-state index in [1.54, 1.807) is 13.0 Å². The summed E-state index contributed by atoms with van der Waals surface area (Å²) in [6.45, 7) is 2.41. The van der Waals surface area contributed by atoms with Crippen LogP contribution >= 0.6 is 11.6 Å². The zero-order chi connectivity index (χ0) is 11.0. The van der Waals surface area contributed by atoms with E-state index in [1.165, 1.54) is 0 Å². The molecule has 0 aliphatic carbocycles. The van der Waals surface area contributed by atoms with Crippen LogP contribution in [0.25, 0.3) is 0 Å². The minimum atomic E-state index is -0.719. The molecule has 1 aliphatic rings. The second-order valence-electron chi connectivity index (χ2n) is 3.85. The lowest BCUT2D eigenvalue weighted by Gasteiger charge is -2.17. The molecular weight excluding hydrogens is 214 g/mol. The molecular formula is C11H14ClNO2. The van der Waals surface area contributed by atoms with Crippen LogP contribution in [0.4, 0.5) is 0 Å².